The lowest BCUT2D eigenvalue weighted by molar-refractivity contribution is -0.135. The van der Waals surface area contributed by atoms with E-state index in [-0.39, 0.29) is 16.9 Å². The number of hydrogen-bond acceptors (Lipinski definition) is 3. The highest BCUT2D eigenvalue weighted by molar-refractivity contribution is 6.33. The van der Waals surface area contributed by atoms with Crippen molar-refractivity contribution >= 4 is 23.7 Å². The molecule has 1 rings (SSSR count). The number of aliphatic hydroxyl groups is 1. The van der Waals surface area contributed by atoms with Gasteiger partial charge < -0.3 is 5.11 Å². The molecule has 0 heterocycles. The highest BCUT2D eigenvalue weighted by Gasteiger charge is 2.18. The summed E-state index contributed by atoms with van der Waals surface area (Å²) in [6, 6.07) is 6.33. The van der Waals surface area contributed by atoms with Crippen LogP contribution in [0.3, 0.4) is 0 Å². The number of rotatable bonds is 3. The molecule has 1 N–H and O–H groups in total. The summed E-state index contributed by atoms with van der Waals surface area (Å²) in [6.07, 6.45) is -1.38. The first-order valence-corrected chi connectivity index (χ1v) is 3.96. The number of aldehydes is 1. The van der Waals surface area contributed by atoms with Crippen LogP contribution in [0.4, 0.5) is 0 Å². The summed E-state index contributed by atoms with van der Waals surface area (Å²) >= 11 is 5.69. The van der Waals surface area contributed by atoms with Crippen LogP contribution in [0.25, 0.3) is 0 Å². The molecule has 1 atom stereocenters. The van der Waals surface area contributed by atoms with E-state index in [1.165, 1.54) is 12.1 Å². The van der Waals surface area contributed by atoms with Crippen LogP contribution in [0, 0.1) is 0 Å². The van der Waals surface area contributed by atoms with Crippen LogP contribution in [-0.2, 0) is 9.59 Å². The zero-order valence-electron chi connectivity index (χ0n) is 6.61. The second-order valence-electron chi connectivity index (χ2n) is 2.44. The van der Waals surface area contributed by atoms with Gasteiger partial charge in [-0.15, -0.1) is 0 Å². The molecule has 0 radical (unpaired) electrons. The average Bonchev–Trinajstić information content (AvgIpc) is 2.16. The zero-order chi connectivity index (χ0) is 9.84. The largest absolute Gasteiger partial charge is 0.380 e. The number of hydrogen-bond donors (Lipinski definition) is 1. The van der Waals surface area contributed by atoms with Crippen molar-refractivity contribution in [2.24, 2.45) is 0 Å². The third-order valence-electron chi connectivity index (χ3n) is 1.59. The van der Waals surface area contributed by atoms with E-state index in [4.69, 9.17) is 11.6 Å². The maximum absolute atomic E-state index is 10.8. The molecule has 0 aliphatic rings. The summed E-state index contributed by atoms with van der Waals surface area (Å²) in [5.41, 5.74) is 0.251. The van der Waals surface area contributed by atoms with E-state index < -0.39 is 11.9 Å². The zero-order valence-corrected chi connectivity index (χ0v) is 7.36. The van der Waals surface area contributed by atoms with E-state index in [9.17, 15) is 14.7 Å². The lowest BCUT2D eigenvalue weighted by atomic mass is 10.1. The van der Waals surface area contributed by atoms with Crippen LogP contribution in [-0.4, -0.2) is 17.2 Å². The second-order valence-corrected chi connectivity index (χ2v) is 2.85. The third-order valence-corrected chi connectivity index (χ3v) is 1.93. The predicted molar refractivity (Wildman–Crippen MR) is 47.5 cm³/mol. The Balaban J connectivity index is 3.01. The molecule has 4 heteroatoms. The van der Waals surface area contributed by atoms with Gasteiger partial charge in [0.2, 0.25) is 5.78 Å². The normalized spacial score (nSPS) is 12.2. The number of benzene rings is 1. The molecule has 0 spiro atoms. The fraction of sp³-hybridized carbons (Fsp3) is 0.111. The Hall–Kier alpha value is -1.19. The number of carbonyl (C=O) groups excluding carboxylic acids is 2. The summed E-state index contributed by atoms with van der Waals surface area (Å²) in [5.74, 6) is -0.895. The van der Waals surface area contributed by atoms with Crippen molar-refractivity contribution in [3.05, 3.63) is 34.9 Å². The summed E-state index contributed by atoms with van der Waals surface area (Å²) in [4.78, 5) is 20.9. The van der Waals surface area contributed by atoms with Gasteiger partial charge in [0.25, 0.3) is 0 Å². The molecule has 0 fully saturated rings. The van der Waals surface area contributed by atoms with E-state index in [1.807, 2.05) is 0 Å². The Labute approximate surface area is 79.9 Å². The first-order valence-electron chi connectivity index (χ1n) is 3.58. The molecular weight excluding hydrogens is 192 g/mol. The van der Waals surface area contributed by atoms with Crippen LogP contribution in [0.5, 0.6) is 0 Å². The Bertz CT molecular complexity index is 335. The van der Waals surface area contributed by atoms with Gasteiger partial charge in [-0.1, -0.05) is 29.8 Å². The Morgan fingerprint density at radius 3 is 2.62 bits per heavy atom. The highest BCUT2D eigenvalue weighted by Crippen LogP contribution is 2.22. The van der Waals surface area contributed by atoms with E-state index in [0.29, 0.717) is 0 Å². The van der Waals surface area contributed by atoms with Crippen molar-refractivity contribution < 1.29 is 14.7 Å². The van der Waals surface area contributed by atoms with Crippen molar-refractivity contribution in [2.75, 3.05) is 0 Å². The SMILES string of the molecule is O=CC(=O)C(O)c1ccccc1Cl. The third kappa shape index (κ3) is 2.14. The Kier molecular flexibility index (Phi) is 3.17. The fourth-order valence-electron chi connectivity index (χ4n) is 0.915. The molecule has 1 unspecified atom stereocenters. The lowest BCUT2D eigenvalue weighted by Crippen LogP contribution is -2.12. The van der Waals surface area contributed by atoms with Crippen LogP contribution < -0.4 is 0 Å². The molecular formula is C9H7ClO3. The van der Waals surface area contributed by atoms with Crippen molar-refractivity contribution in [2.45, 2.75) is 6.10 Å². The highest BCUT2D eigenvalue weighted by atomic mass is 35.5. The number of aliphatic hydroxyl groups excluding tert-OH is 1. The summed E-state index contributed by atoms with van der Waals surface area (Å²) < 4.78 is 0. The monoisotopic (exact) mass is 198 g/mol. The molecule has 0 aromatic heterocycles. The first-order chi connectivity index (χ1) is 6.16. The second kappa shape index (κ2) is 4.16. The van der Waals surface area contributed by atoms with Gasteiger partial charge in [-0.25, -0.2) is 0 Å². The molecule has 0 saturated heterocycles. The van der Waals surface area contributed by atoms with Crippen LogP contribution in [0.2, 0.25) is 5.02 Å². The number of ketones is 1. The Morgan fingerprint density at radius 2 is 2.08 bits per heavy atom. The van der Waals surface area contributed by atoms with Gasteiger partial charge in [0, 0.05) is 10.6 Å². The van der Waals surface area contributed by atoms with Gasteiger partial charge in [-0.3, -0.25) is 9.59 Å². The molecule has 0 bridgehead atoms. The van der Waals surface area contributed by atoms with Gasteiger partial charge in [0.1, 0.15) is 6.10 Å². The summed E-state index contributed by atoms with van der Waals surface area (Å²) in [5, 5.41) is 9.57. The van der Waals surface area contributed by atoms with Gasteiger partial charge in [-0.05, 0) is 6.07 Å². The minimum absolute atomic E-state index is 0.0774. The van der Waals surface area contributed by atoms with Crippen molar-refractivity contribution in [1.29, 1.82) is 0 Å². The van der Waals surface area contributed by atoms with E-state index in [0.717, 1.165) is 0 Å². The molecule has 0 aliphatic carbocycles. The standard InChI is InChI=1S/C9H7ClO3/c10-7-4-2-1-3-6(7)9(13)8(12)5-11/h1-5,9,13H. The van der Waals surface area contributed by atoms with E-state index >= 15 is 0 Å². The smallest absolute Gasteiger partial charge is 0.228 e. The Morgan fingerprint density at radius 1 is 1.46 bits per heavy atom. The van der Waals surface area contributed by atoms with Gasteiger partial charge >= 0.3 is 0 Å². The van der Waals surface area contributed by atoms with Crippen molar-refractivity contribution in [3.63, 3.8) is 0 Å². The molecule has 0 amide bonds. The first kappa shape index (κ1) is 9.89. The van der Waals surface area contributed by atoms with Crippen LogP contribution in [0.1, 0.15) is 11.7 Å². The maximum Gasteiger partial charge on any atom is 0.228 e. The van der Waals surface area contributed by atoms with Crippen LogP contribution in [0.15, 0.2) is 24.3 Å². The van der Waals surface area contributed by atoms with E-state index in [2.05, 4.69) is 0 Å². The lowest BCUT2D eigenvalue weighted by Gasteiger charge is -2.07. The molecule has 0 aliphatic heterocycles. The van der Waals surface area contributed by atoms with Crippen molar-refractivity contribution in [1.82, 2.24) is 0 Å². The average molecular weight is 199 g/mol. The number of carbonyl (C=O) groups is 2. The minimum Gasteiger partial charge on any atom is -0.380 e. The summed E-state index contributed by atoms with van der Waals surface area (Å²) in [7, 11) is 0. The number of halogens is 1. The molecule has 0 saturated carbocycles. The van der Waals surface area contributed by atoms with Crippen molar-refractivity contribution in [3.8, 4) is 0 Å². The van der Waals surface area contributed by atoms with Crippen LogP contribution >= 0.6 is 11.6 Å². The molecule has 1 aromatic rings. The molecule has 13 heavy (non-hydrogen) atoms. The topological polar surface area (TPSA) is 54.4 Å². The molecule has 1 aromatic carbocycles. The summed E-state index contributed by atoms with van der Waals surface area (Å²) in [6.45, 7) is 0. The predicted octanol–water partition coefficient (Wildman–Crippen LogP) is 1.14. The maximum atomic E-state index is 10.8. The number of Topliss-reactive ketones (excluding diaryl/α,β-unsaturated/α-hetero) is 1. The molecule has 3 nitrogen and oxygen atoms in total. The van der Waals surface area contributed by atoms with Gasteiger partial charge in [0.05, 0.1) is 0 Å². The quantitative estimate of drug-likeness (QED) is 0.586. The fourth-order valence-corrected chi connectivity index (χ4v) is 1.15. The molecule has 68 valence electrons. The van der Waals surface area contributed by atoms with E-state index in [1.54, 1.807) is 12.1 Å². The van der Waals surface area contributed by atoms with Gasteiger partial charge in [0.15, 0.2) is 6.29 Å². The van der Waals surface area contributed by atoms with Gasteiger partial charge in [-0.2, -0.15) is 0 Å². The minimum atomic E-state index is -1.45.